The Hall–Kier alpha value is -3.02. The average Bonchev–Trinajstić information content (AvgIpc) is 3.61. The van der Waals surface area contributed by atoms with Crippen molar-refractivity contribution in [1.29, 1.82) is 0 Å². The number of carbonyl (C=O) groups excluding carboxylic acids is 2. The van der Waals surface area contributed by atoms with Crippen molar-refractivity contribution in [1.82, 2.24) is 10.2 Å². The molecule has 4 rings (SSSR count). The summed E-state index contributed by atoms with van der Waals surface area (Å²) in [6.45, 7) is 0.871. The first-order chi connectivity index (χ1) is 14.1. The first-order valence-electron chi connectivity index (χ1n) is 9.99. The molecular formula is C23H26N2O4. The summed E-state index contributed by atoms with van der Waals surface area (Å²) in [5.41, 5.74) is 2.87. The van der Waals surface area contributed by atoms with Crippen molar-refractivity contribution in [3.8, 4) is 11.5 Å². The van der Waals surface area contributed by atoms with Gasteiger partial charge in [-0.2, -0.15) is 0 Å². The Labute approximate surface area is 170 Å². The normalized spacial score (nSPS) is 18.0. The summed E-state index contributed by atoms with van der Waals surface area (Å²) < 4.78 is 10.7. The van der Waals surface area contributed by atoms with E-state index in [9.17, 15) is 9.59 Å². The Balaban J connectivity index is 1.57. The van der Waals surface area contributed by atoms with Crippen molar-refractivity contribution in [3.05, 3.63) is 59.2 Å². The molecule has 0 bridgehead atoms. The molecular weight excluding hydrogens is 368 g/mol. The van der Waals surface area contributed by atoms with Crippen LogP contribution in [0.4, 0.5) is 0 Å². The van der Waals surface area contributed by atoms with E-state index in [0.29, 0.717) is 24.6 Å². The van der Waals surface area contributed by atoms with Crippen LogP contribution in [0, 0.1) is 5.92 Å². The zero-order valence-electron chi connectivity index (χ0n) is 16.8. The maximum atomic E-state index is 13.3. The topological polar surface area (TPSA) is 67.9 Å². The third-order valence-corrected chi connectivity index (χ3v) is 5.68. The zero-order valence-corrected chi connectivity index (χ0v) is 16.8. The van der Waals surface area contributed by atoms with E-state index in [1.807, 2.05) is 42.5 Å². The Kier molecular flexibility index (Phi) is 5.43. The van der Waals surface area contributed by atoms with Crippen molar-refractivity contribution in [3.63, 3.8) is 0 Å². The van der Waals surface area contributed by atoms with Crippen LogP contribution in [0.3, 0.4) is 0 Å². The van der Waals surface area contributed by atoms with Crippen molar-refractivity contribution >= 4 is 11.8 Å². The van der Waals surface area contributed by atoms with Gasteiger partial charge in [0, 0.05) is 24.6 Å². The molecule has 2 aromatic rings. The van der Waals surface area contributed by atoms with E-state index >= 15 is 0 Å². The lowest BCUT2D eigenvalue weighted by atomic mass is 9.91. The van der Waals surface area contributed by atoms with Crippen LogP contribution in [-0.4, -0.2) is 37.5 Å². The van der Waals surface area contributed by atoms with Gasteiger partial charge < -0.3 is 19.7 Å². The number of methoxy groups -OCH3 is 2. The van der Waals surface area contributed by atoms with E-state index in [-0.39, 0.29) is 17.7 Å². The number of carbonyl (C=O) groups is 2. The molecule has 1 saturated carbocycles. The van der Waals surface area contributed by atoms with E-state index in [1.165, 1.54) is 0 Å². The van der Waals surface area contributed by atoms with E-state index in [2.05, 4.69) is 5.32 Å². The Morgan fingerprint density at radius 2 is 1.90 bits per heavy atom. The molecule has 2 aliphatic rings. The SMILES string of the molecule is COc1ccc(OC)c(CNC(=O)C2c3ccccc3CCN2C(=O)C2CC2)c1. The molecule has 29 heavy (non-hydrogen) atoms. The van der Waals surface area contributed by atoms with Crippen molar-refractivity contribution in [2.24, 2.45) is 5.92 Å². The molecule has 0 radical (unpaired) electrons. The molecule has 0 spiro atoms. The van der Waals surface area contributed by atoms with Gasteiger partial charge in [0.2, 0.25) is 11.8 Å². The number of nitrogens with one attached hydrogen (secondary N) is 1. The fourth-order valence-corrected chi connectivity index (χ4v) is 3.95. The van der Waals surface area contributed by atoms with Crippen molar-refractivity contribution in [2.45, 2.75) is 31.8 Å². The Bertz CT molecular complexity index is 923. The lowest BCUT2D eigenvalue weighted by molar-refractivity contribution is -0.142. The quantitative estimate of drug-likeness (QED) is 0.818. The number of fused-ring (bicyclic) bond motifs is 1. The summed E-state index contributed by atoms with van der Waals surface area (Å²) in [7, 11) is 3.20. The van der Waals surface area contributed by atoms with Crippen LogP contribution < -0.4 is 14.8 Å². The number of hydrogen-bond acceptors (Lipinski definition) is 4. The van der Waals surface area contributed by atoms with Gasteiger partial charge in [-0.15, -0.1) is 0 Å². The van der Waals surface area contributed by atoms with Crippen LogP contribution >= 0.6 is 0 Å². The number of hydrogen-bond donors (Lipinski definition) is 1. The summed E-state index contributed by atoms with van der Waals surface area (Å²) in [6, 6.07) is 12.8. The predicted molar refractivity (Wildman–Crippen MR) is 109 cm³/mol. The van der Waals surface area contributed by atoms with Crippen molar-refractivity contribution in [2.75, 3.05) is 20.8 Å². The minimum Gasteiger partial charge on any atom is -0.497 e. The molecule has 2 amide bonds. The van der Waals surface area contributed by atoms with Gasteiger partial charge in [0.1, 0.15) is 17.5 Å². The largest absolute Gasteiger partial charge is 0.497 e. The fraction of sp³-hybridized carbons (Fsp3) is 0.391. The molecule has 0 aromatic heterocycles. The monoisotopic (exact) mass is 394 g/mol. The van der Waals surface area contributed by atoms with Gasteiger partial charge in [0.25, 0.3) is 0 Å². The number of benzene rings is 2. The average molecular weight is 394 g/mol. The molecule has 1 heterocycles. The number of rotatable bonds is 6. The fourth-order valence-electron chi connectivity index (χ4n) is 3.95. The van der Waals surface area contributed by atoms with Crippen LogP contribution in [0.5, 0.6) is 11.5 Å². The Morgan fingerprint density at radius 1 is 1.10 bits per heavy atom. The van der Waals surface area contributed by atoms with Crippen LogP contribution in [0.1, 0.15) is 35.6 Å². The summed E-state index contributed by atoms with van der Waals surface area (Å²) in [4.78, 5) is 27.9. The summed E-state index contributed by atoms with van der Waals surface area (Å²) in [5.74, 6) is 1.38. The number of ether oxygens (including phenoxy) is 2. The van der Waals surface area contributed by atoms with Gasteiger partial charge in [-0.3, -0.25) is 9.59 Å². The minimum atomic E-state index is -0.593. The lowest BCUT2D eigenvalue weighted by Crippen LogP contribution is -2.47. The molecule has 0 saturated heterocycles. The van der Waals surface area contributed by atoms with Gasteiger partial charge >= 0.3 is 0 Å². The molecule has 1 aliphatic heterocycles. The number of amides is 2. The van der Waals surface area contributed by atoms with E-state index in [0.717, 1.165) is 36.0 Å². The van der Waals surface area contributed by atoms with Crippen LogP contribution in [0.15, 0.2) is 42.5 Å². The highest BCUT2D eigenvalue weighted by Crippen LogP contribution is 2.37. The highest BCUT2D eigenvalue weighted by atomic mass is 16.5. The molecule has 1 atom stereocenters. The highest BCUT2D eigenvalue weighted by molar-refractivity contribution is 5.91. The smallest absolute Gasteiger partial charge is 0.247 e. The van der Waals surface area contributed by atoms with Gasteiger partial charge in [-0.25, -0.2) is 0 Å². The predicted octanol–water partition coefficient (Wildman–Crippen LogP) is 2.86. The second-order valence-corrected chi connectivity index (χ2v) is 7.55. The molecule has 152 valence electrons. The van der Waals surface area contributed by atoms with Gasteiger partial charge in [-0.1, -0.05) is 24.3 Å². The van der Waals surface area contributed by atoms with Crippen LogP contribution in [0.2, 0.25) is 0 Å². The molecule has 1 aliphatic carbocycles. The van der Waals surface area contributed by atoms with Gasteiger partial charge in [0.05, 0.1) is 14.2 Å². The third kappa shape index (κ3) is 3.92. The molecule has 2 aromatic carbocycles. The zero-order chi connectivity index (χ0) is 20.4. The first-order valence-corrected chi connectivity index (χ1v) is 9.99. The Morgan fingerprint density at radius 3 is 2.62 bits per heavy atom. The third-order valence-electron chi connectivity index (χ3n) is 5.68. The van der Waals surface area contributed by atoms with E-state index in [4.69, 9.17) is 9.47 Å². The van der Waals surface area contributed by atoms with Gasteiger partial charge in [0.15, 0.2) is 0 Å². The van der Waals surface area contributed by atoms with Crippen LogP contribution in [0.25, 0.3) is 0 Å². The molecule has 6 nitrogen and oxygen atoms in total. The van der Waals surface area contributed by atoms with Gasteiger partial charge in [-0.05, 0) is 48.6 Å². The maximum absolute atomic E-state index is 13.3. The van der Waals surface area contributed by atoms with E-state index in [1.54, 1.807) is 19.1 Å². The molecule has 6 heteroatoms. The minimum absolute atomic E-state index is 0.0778. The summed E-state index contributed by atoms with van der Waals surface area (Å²) in [6.07, 6.45) is 2.63. The summed E-state index contributed by atoms with van der Waals surface area (Å²) in [5, 5.41) is 3.01. The summed E-state index contributed by atoms with van der Waals surface area (Å²) >= 11 is 0. The first kappa shape index (κ1) is 19.3. The second-order valence-electron chi connectivity index (χ2n) is 7.55. The van der Waals surface area contributed by atoms with Crippen molar-refractivity contribution < 1.29 is 19.1 Å². The highest BCUT2D eigenvalue weighted by Gasteiger charge is 2.41. The van der Waals surface area contributed by atoms with E-state index < -0.39 is 6.04 Å². The maximum Gasteiger partial charge on any atom is 0.247 e. The van der Waals surface area contributed by atoms with Crippen LogP contribution in [-0.2, 0) is 22.6 Å². The lowest BCUT2D eigenvalue weighted by Gasteiger charge is -2.36. The molecule has 1 fully saturated rings. The second kappa shape index (κ2) is 8.15. The molecule has 1 unspecified atom stereocenters. The standard InChI is InChI=1S/C23H26N2O4/c1-28-18-9-10-20(29-2)17(13-18)14-24-22(26)21-19-6-4-3-5-15(19)11-12-25(21)23(27)16-7-8-16/h3-6,9-10,13,16,21H,7-8,11-12,14H2,1-2H3,(H,24,26). The number of nitrogens with zero attached hydrogens (tertiary/aromatic N) is 1. The molecule has 1 N–H and O–H groups in total.